The van der Waals surface area contributed by atoms with Crippen LogP contribution in [0.1, 0.15) is 15.9 Å². The highest BCUT2D eigenvalue weighted by molar-refractivity contribution is 6.10. The van der Waals surface area contributed by atoms with Gasteiger partial charge in [0.1, 0.15) is 12.3 Å². The number of anilines is 1. The summed E-state index contributed by atoms with van der Waals surface area (Å²) in [5, 5.41) is 3.10. The number of nitrogens with zero attached hydrogens (tertiary/aromatic N) is 1. The van der Waals surface area contributed by atoms with E-state index in [0.717, 1.165) is 0 Å². The molecule has 0 fully saturated rings. The van der Waals surface area contributed by atoms with Crippen LogP contribution in [0.5, 0.6) is 17.2 Å². The van der Waals surface area contributed by atoms with Crippen molar-refractivity contribution in [3.8, 4) is 17.2 Å². The zero-order valence-electron chi connectivity index (χ0n) is 19.5. The number of hydrogen-bond acceptors (Lipinski definition) is 6. The summed E-state index contributed by atoms with van der Waals surface area (Å²) in [4.78, 5) is 39.4. The summed E-state index contributed by atoms with van der Waals surface area (Å²) >= 11 is 0. The molecule has 0 atom stereocenters. The standard InChI is InChI=1S/C27H24N2O6/c1-33-19-10-11-22-20(14-19)27(32)21(26(31)17-7-5-4-6-8-17)15-29(22)16-25(30)28-18-9-12-23(34-2)24(13-18)35-3/h4-15H,16H2,1-3H3,(H,28,30). The van der Waals surface area contributed by atoms with Crippen LogP contribution in [-0.2, 0) is 11.3 Å². The smallest absolute Gasteiger partial charge is 0.244 e. The van der Waals surface area contributed by atoms with Gasteiger partial charge in [0.05, 0.1) is 37.8 Å². The highest BCUT2D eigenvalue weighted by Gasteiger charge is 2.19. The monoisotopic (exact) mass is 472 g/mol. The van der Waals surface area contributed by atoms with Crippen molar-refractivity contribution >= 4 is 28.3 Å². The van der Waals surface area contributed by atoms with Crippen molar-refractivity contribution in [3.63, 3.8) is 0 Å². The lowest BCUT2D eigenvalue weighted by Crippen LogP contribution is -2.24. The molecular formula is C27H24N2O6. The van der Waals surface area contributed by atoms with Gasteiger partial charge >= 0.3 is 0 Å². The van der Waals surface area contributed by atoms with Gasteiger partial charge in [-0.15, -0.1) is 0 Å². The van der Waals surface area contributed by atoms with E-state index in [-0.39, 0.29) is 23.4 Å². The zero-order chi connectivity index (χ0) is 24.9. The van der Waals surface area contributed by atoms with Crippen LogP contribution in [0.2, 0.25) is 0 Å². The largest absolute Gasteiger partial charge is 0.497 e. The zero-order valence-corrected chi connectivity index (χ0v) is 19.5. The highest BCUT2D eigenvalue weighted by atomic mass is 16.5. The minimum atomic E-state index is -0.427. The van der Waals surface area contributed by atoms with E-state index < -0.39 is 11.2 Å². The molecule has 0 aliphatic heterocycles. The van der Waals surface area contributed by atoms with E-state index >= 15 is 0 Å². The first-order valence-corrected chi connectivity index (χ1v) is 10.8. The Balaban J connectivity index is 1.73. The first kappa shape index (κ1) is 23.6. The summed E-state index contributed by atoms with van der Waals surface area (Å²) < 4.78 is 17.4. The number of aromatic nitrogens is 1. The van der Waals surface area contributed by atoms with Gasteiger partial charge in [-0.1, -0.05) is 30.3 Å². The van der Waals surface area contributed by atoms with E-state index in [0.29, 0.717) is 34.0 Å². The minimum Gasteiger partial charge on any atom is -0.497 e. The SMILES string of the molecule is COc1ccc2c(c1)c(=O)c(C(=O)c1ccccc1)cn2CC(=O)Nc1ccc(OC)c(OC)c1. The van der Waals surface area contributed by atoms with Crippen LogP contribution >= 0.6 is 0 Å². The molecule has 0 spiro atoms. The van der Waals surface area contributed by atoms with Gasteiger partial charge in [-0.2, -0.15) is 0 Å². The fourth-order valence-electron chi connectivity index (χ4n) is 3.81. The van der Waals surface area contributed by atoms with E-state index in [1.807, 2.05) is 0 Å². The maximum Gasteiger partial charge on any atom is 0.244 e. The number of nitrogens with one attached hydrogen (secondary N) is 1. The lowest BCUT2D eigenvalue weighted by molar-refractivity contribution is -0.116. The Bertz CT molecular complexity index is 1460. The summed E-state index contributed by atoms with van der Waals surface area (Å²) in [6.07, 6.45) is 1.43. The second-order valence-corrected chi connectivity index (χ2v) is 7.70. The number of amides is 1. The van der Waals surface area contributed by atoms with Gasteiger partial charge in [-0.3, -0.25) is 14.4 Å². The van der Waals surface area contributed by atoms with E-state index in [9.17, 15) is 14.4 Å². The summed E-state index contributed by atoms with van der Waals surface area (Å²) in [7, 11) is 4.53. The summed E-state index contributed by atoms with van der Waals surface area (Å²) in [6, 6.07) is 18.5. The number of hydrogen-bond donors (Lipinski definition) is 1. The van der Waals surface area contributed by atoms with E-state index in [1.165, 1.54) is 27.5 Å². The Kier molecular flexibility index (Phi) is 6.82. The molecule has 1 amide bonds. The van der Waals surface area contributed by atoms with Gasteiger partial charge in [-0.05, 0) is 30.3 Å². The molecule has 0 saturated carbocycles. The average molecular weight is 472 g/mol. The van der Waals surface area contributed by atoms with Crippen LogP contribution < -0.4 is 25.0 Å². The number of benzene rings is 3. The van der Waals surface area contributed by atoms with Crippen molar-refractivity contribution in [1.82, 2.24) is 4.57 Å². The van der Waals surface area contributed by atoms with Crippen molar-refractivity contribution < 1.29 is 23.8 Å². The van der Waals surface area contributed by atoms with Gasteiger partial charge < -0.3 is 24.1 Å². The second kappa shape index (κ2) is 10.1. The molecule has 0 unspecified atom stereocenters. The van der Waals surface area contributed by atoms with E-state index in [1.54, 1.807) is 71.3 Å². The summed E-state index contributed by atoms with van der Waals surface area (Å²) in [6.45, 7) is -0.132. The maximum atomic E-state index is 13.3. The Morgan fingerprint density at radius 2 is 1.60 bits per heavy atom. The van der Waals surface area contributed by atoms with Gasteiger partial charge in [0, 0.05) is 23.5 Å². The number of rotatable bonds is 8. The van der Waals surface area contributed by atoms with Crippen molar-refractivity contribution in [2.45, 2.75) is 6.54 Å². The fourth-order valence-corrected chi connectivity index (χ4v) is 3.81. The first-order valence-electron chi connectivity index (χ1n) is 10.8. The molecule has 0 bridgehead atoms. The van der Waals surface area contributed by atoms with Gasteiger partial charge in [0.2, 0.25) is 11.3 Å². The van der Waals surface area contributed by atoms with Crippen LogP contribution in [0.25, 0.3) is 10.9 Å². The van der Waals surface area contributed by atoms with E-state index in [2.05, 4.69) is 5.32 Å². The van der Waals surface area contributed by atoms with Crippen LogP contribution in [-0.4, -0.2) is 37.6 Å². The predicted molar refractivity (Wildman–Crippen MR) is 133 cm³/mol. The van der Waals surface area contributed by atoms with Gasteiger partial charge in [0.15, 0.2) is 17.3 Å². The number of fused-ring (bicyclic) bond motifs is 1. The van der Waals surface area contributed by atoms with E-state index in [4.69, 9.17) is 14.2 Å². The Hall–Kier alpha value is -4.59. The number of methoxy groups -OCH3 is 3. The molecule has 1 heterocycles. The summed E-state index contributed by atoms with van der Waals surface area (Å²) in [5.41, 5.74) is 0.941. The van der Waals surface area contributed by atoms with Crippen LogP contribution in [0.15, 0.2) is 77.7 Å². The third-order valence-electron chi connectivity index (χ3n) is 5.55. The van der Waals surface area contributed by atoms with Crippen molar-refractivity contribution in [2.24, 2.45) is 0 Å². The Labute approximate surface area is 201 Å². The topological polar surface area (TPSA) is 95.9 Å². The molecule has 178 valence electrons. The third kappa shape index (κ3) is 4.86. The Morgan fingerprint density at radius 3 is 2.29 bits per heavy atom. The molecule has 4 aromatic rings. The Morgan fingerprint density at radius 1 is 0.857 bits per heavy atom. The predicted octanol–water partition coefficient (Wildman–Crippen LogP) is 3.90. The summed E-state index contributed by atoms with van der Waals surface area (Å²) in [5.74, 6) is 0.711. The molecule has 1 aromatic heterocycles. The van der Waals surface area contributed by atoms with Crippen LogP contribution in [0.3, 0.4) is 0 Å². The lowest BCUT2D eigenvalue weighted by atomic mass is 10.0. The lowest BCUT2D eigenvalue weighted by Gasteiger charge is -2.15. The molecule has 8 heteroatoms. The van der Waals surface area contributed by atoms with Crippen LogP contribution in [0.4, 0.5) is 5.69 Å². The molecule has 0 saturated heterocycles. The maximum absolute atomic E-state index is 13.3. The molecule has 35 heavy (non-hydrogen) atoms. The molecule has 0 aliphatic rings. The number of carbonyl (C=O) groups is 2. The highest BCUT2D eigenvalue weighted by Crippen LogP contribution is 2.29. The number of pyridine rings is 1. The number of ketones is 1. The molecule has 0 radical (unpaired) electrons. The number of carbonyl (C=O) groups excluding carboxylic acids is 2. The molecular weight excluding hydrogens is 448 g/mol. The molecule has 4 rings (SSSR count). The molecule has 8 nitrogen and oxygen atoms in total. The average Bonchev–Trinajstić information content (AvgIpc) is 2.89. The van der Waals surface area contributed by atoms with Crippen molar-refractivity contribution in [2.75, 3.05) is 26.6 Å². The van der Waals surface area contributed by atoms with Gasteiger partial charge in [-0.25, -0.2) is 0 Å². The van der Waals surface area contributed by atoms with Gasteiger partial charge in [0.25, 0.3) is 0 Å². The fraction of sp³-hybridized carbons (Fsp3) is 0.148. The second-order valence-electron chi connectivity index (χ2n) is 7.70. The number of ether oxygens (including phenoxy) is 3. The molecule has 0 aliphatic carbocycles. The first-order chi connectivity index (χ1) is 16.9. The minimum absolute atomic E-state index is 0.0316. The molecule has 1 N–H and O–H groups in total. The van der Waals surface area contributed by atoms with Crippen molar-refractivity contribution in [3.05, 3.63) is 94.3 Å². The normalized spacial score (nSPS) is 10.6. The van der Waals surface area contributed by atoms with Crippen molar-refractivity contribution in [1.29, 1.82) is 0 Å². The molecule has 3 aromatic carbocycles. The van der Waals surface area contributed by atoms with Crippen LogP contribution in [0, 0.1) is 0 Å². The quantitative estimate of drug-likeness (QED) is 0.391. The third-order valence-corrected chi connectivity index (χ3v) is 5.55.